The van der Waals surface area contributed by atoms with E-state index in [0.29, 0.717) is 5.69 Å². The van der Waals surface area contributed by atoms with Crippen LogP contribution in [0.1, 0.15) is 0 Å². The summed E-state index contributed by atoms with van der Waals surface area (Å²) in [5.74, 6) is -0.0387. The van der Waals surface area contributed by atoms with Crippen LogP contribution in [0, 0.1) is 0 Å². The van der Waals surface area contributed by atoms with Gasteiger partial charge in [-0.05, 0) is 29.0 Å². The molecular weight excluding hydrogens is 334 g/mol. The molecule has 0 spiro atoms. The molecule has 102 valence electrons. The molecule has 19 heavy (non-hydrogen) atoms. The molecule has 0 aromatic carbocycles. The summed E-state index contributed by atoms with van der Waals surface area (Å²) < 4.78 is 27.2. The number of rotatable bonds is 5. The first-order chi connectivity index (χ1) is 9.00. The fourth-order valence-corrected chi connectivity index (χ4v) is 2.40. The average molecular weight is 346 g/mol. The average Bonchev–Trinajstić information content (AvgIpc) is 2.85. The number of nitrogens with one attached hydrogen (secondary N) is 1. The molecule has 2 aromatic heterocycles. The Balaban J connectivity index is 2.12. The fraction of sp³-hybridized carbons (Fsp3) is 0.300. The quantitative estimate of drug-likeness (QED) is 0.859. The van der Waals surface area contributed by atoms with Crippen LogP contribution in [0.2, 0.25) is 0 Å². The van der Waals surface area contributed by atoms with Crippen molar-refractivity contribution in [3.05, 3.63) is 29.1 Å². The highest BCUT2D eigenvalue weighted by molar-refractivity contribution is 9.10. The van der Waals surface area contributed by atoms with Crippen molar-refractivity contribution >= 4 is 26.0 Å². The first-order valence-electron chi connectivity index (χ1n) is 5.42. The lowest BCUT2D eigenvalue weighted by atomic mass is 10.2. The summed E-state index contributed by atoms with van der Waals surface area (Å²) >= 11 is 3.33. The van der Waals surface area contributed by atoms with E-state index in [-0.39, 0.29) is 12.3 Å². The van der Waals surface area contributed by atoms with Gasteiger partial charge in [0.05, 0.1) is 18.5 Å². The topological polar surface area (TPSA) is 89.8 Å². The highest BCUT2D eigenvalue weighted by Gasteiger charge is 2.09. The Morgan fingerprint density at radius 2 is 2.21 bits per heavy atom. The Hall–Kier alpha value is -1.32. The van der Waals surface area contributed by atoms with Gasteiger partial charge in [0.2, 0.25) is 10.0 Å². The van der Waals surface area contributed by atoms with Crippen LogP contribution >= 0.6 is 15.9 Å². The minimum Gasteiger partial charge on any atom is -0.263 e. The Morgan fingerprint density at radius 3 is 2.89 bits per heavy atom. The minimum absolute atomic E-state index is 0.0387. The minimum atomic E-state index is -3.24. The molecular formula is C10H12BrN5O2S. The van der Waals surface area contributed by atoms with Gasteiger partial charge in [0.25, 0.3) is 0 Å². The van der Waals surface area contributed by atoms with Gasteiger partial charge < -0.3 is 0 Å². The predicted molar refractivity (Wildman–Crippen MR) is 73.8 cm³/mol. The molecule has 0 aliphatic rings. The molecule has 9 heteroatoms. The van der Waals surface area contributed by atoms with Crippen molar-refractivity contribution in [3.8, 4) is 11.3 Å². The number of pyridine rings is 1. The first-order valence-corrected chi connectivity index (χ1v) is 7.87. The predicted octanol–water partition coefficient (Wildman–Crippen LogP) is 0.652. The van der Waals surface area contributed by atoms with E-state index in [9.17, 15) is 8.42 Å². The molecule has 1 N–H and O–H groups in total. The Kier molecular flexibility index (Phi) is 4.27. The van der Waals surface area contributed by atoms with Crippen molar-refractivity contribution < 1.29 is 8.42 Å². The summed E-state index contributed by atoms with van der Waals surface area (Å²) in [4.78, 5) is 4.04. The summed E-state index contributed by atoms with van der Waals surface area (Å²) in [6, 6.07) is 1.87. The van der Waals surface area contributed by atoms with Gasteiger partial charge in [-0.3, -0.25) is 9.67 Å². The molecule has 2 rings (SSSR count). The van der Waals surface area contributed by atoms with E-state index in [4.69, 9.17) is 0 Å². The lowest BCUT2D eigenvalue weighted by Gasteiger charge is -2.01. The second-order valence-corrected chi connectivity index (χ2v) is 6.74. The normalized spacial score (nSPS) is 11.7. The largest absolute Gasteiger partial charge is 0.263 e. The van der Waals surface area contributed by atoms with Crippen molar-refractivity contribution in [1.29, 1.82) is 0 Å². The highest BCUT2D eigenvalue weighted by atomic mass is 79.9. The second kappa shape index (κ2) is 5.76. The van der Waals surface area contributed by atoms with E-state index >= 15 is 0 Å². The summed E-state index contributed by atoms with van der Waals surface area (Å²) in [6.07, 6.45) is 5.03. The molecule has 0 atom stereocenters. The van der Waals surface area contributed by atoms with E-state index in [2.05, 4.69) is 35.9 Å². The maximum absolute atomic E-state index is 11.3. The Bertz CT molecular complexity index is 670. The number of hydrogen-bond acceptors (Lipinski definition) is 5. The van der Waals surface area contributed by atoms with Gasteiger partial charge in [0.1, 0.15) is 5.69 Å². The summed E-state index contributed by atoms with van der Waals surface area (Å²) in [7, 11) is -1.85. The summed E-state index contributed by atoms with van der Waals surface area (Å²) in [6.45, 7) is 0.248. The molecule has 2 aromatic rings. The van der Waals surface area contributed by atoms with E-state index < -0.39 is 10.0 Å². The standard InChI is InChI=1S/C10H12BrN5O2S/c1-12-19(17,18)3-2-16-7-10(14-15-16)8-4-9(11)6-13-5-8/h4-7,12H,2-3H2,1H3. The molecule has 0 aliphatic carbocycles. The molecule has 0 fully saturated rings. The number of nitrogens with zero attached hydrogens (tertiary/aromatic N) is 4. The number of halogens is 1. The first kappa shape index (κ1) is 14.1. The van der Waals surface area contributed by atoms with Crippen molar-refractivity contribution in [2.75, 3.05) is 12.8 Å². The molecule has 0 saturated carbocycles. The van der Waals surface area contributed by atoms with Gasteiger partial charge in [0.15, 0.2) is 0 Å². The molecule has 0 bridgehead atoms. The van der Waals surface area contributed by atoms with Crippen molar-refractivity contribution in [3.63, 3.8) is 0 Å². The zero-order chi connectivity index (χ0) is 13.9. The van der Waals surface area contributed by atoms with Crippen LogP contribution in [0.15, 0.2) is 29.1 Å². The second-order valence-electron chi connectivity index (χ2n) is 3.78. The van der Waals surface area contributed by atoms with Crippen LogP contribution in [0.5, 0.6) is 0 Å². The van der Waals surface area contributed by atoms with E-state index in [0.717, 1.165) is 10.0 Å². The Morgan fingerprint density at radius 1 is 1.42 bits per heavy atom. The van der Waals surface area contributed by atoms with Gasteiger partial charge in [0, 0.05) is 22.4 Å². The van der Waals surface area contributed by atoms with Gasteiger partial charge in [-0.1, -0.05) is 5.21 Å². The highest BCUT2D eigenvalue weighted by Crippen LogP contribution is 2.18. The smallest absolute Gasteiger partial charge is 0.213 e. The zero-order valence-electron chi connectivity index (χ0n) is 10.1. The third kappa shape index (κ3) is 3.82. The summed E-state index contributed by atoms with van der Waals surface area (Å²) in [5.41, 5.74) is 1.47. The van der Waals surface area contributed by atoms with Crippen LogP contribution in [-0.2, 0) is 16.6 Å². The van der Waals surface area contributed by atoms with Crippen LogP contribution in [0.25, 0.3) is 11.3 Å². The summed E-state index contributed by atoms with van der Waals surface area (Å²) in [5, 5.41) is 7.88. The lowest BCUT2D eigenvalue weighted by Crippen LogP contribution is -2.24. The van der Waals surface area contributed by atoms with Crippen LogP contribution in [-0.4, -0.2) is 41.2 Å². The van der Waals surface area contributed by atoms with Crippen molar-refractivity contribution in [2.45, 2.75) is 6.54 Å². The molecule has 0 saturated heterocycles. The van der Waals surface area contributed by atoms with Crippen LogP contribution in [0.3, 0.4) is 0 Å². The van der Waals surface area contributed by atoms with Crippen LogP contribution < -0.4 is 4.72 Å². The Labute approximate surface area is 119 Å². The third-order valence-electron chi connectivity index (χ3n) is 2.44. The molecule has 2 heterocycles. The zero-order valence-corrected chi connectivity index (χ0v) is 12.5. The van der Waals surface area contributed by atoms with Gasteiger partial charge in [-0.15, -0.1) is 5.10 Å². The van der Waals surface area contributed by atoms with E-state index in [1.807, 2.05) is 6.07 Å². The van der Waals surface area contributed by atoms with Crippen molar-refractivity contribution in [1.82, 2.24) is 24.7 Å². The number of aryl methyl sites for hydroxylation is 1. The van der Waals surface area contributed by atoms with Gasteiger partial charge in [-0.25, -0.2) is 13.1 Å². The van der Waals surface area contributed by atoms with Crippen LogP contribution in [0.4, 0.5) is 0 Å². The number of aromatic nitrogens is 4. The number of sulfonamides is 1. The lowest BCUT2D eigenvalue weighted by molar-refractivity contribution is 0.568. The van der Waals surface area contributed by atoms with Gasteiger partial charge in [-0.2, -0.15) is 0 Å². The maximum Gasteiger partial charge on any atom is 0.213 e. The number of hydrogen-bond donors (Lipinski definition) is 1. The van der Waals surface area contributed by atoms with E-state index in [1.165, 1.54) is 11.7 Å². The third-order valence-corrected chi connectivity index (χ3v) is 4.22. The van der Waals surface area contributed by atoms with Gasteiger partial charge >= 0.3 is 0 Å². The van der Waals surface area contributed by atoms with Crippen molar-refractivity contribution in [2.24, 2.45) is 0 Å². The molecule has 0 amide bonds. The molecule has 0 radical (unpaired) electrons. The molecule has 7 nitrogen and oxygen atoms in total. The molecule has 0 aliphatic heterocycles. The fourth-order valence-electron chi connectivity index (χ4n) is 1.41. The monoisotopic (exact) mass is 345 g/mol. The van der Waals surface area contributed by atoms with E-state index in [1.54, 1.807) is 18.6 Å². The maximum atomic E-state index is 11.3. The SMILES string of the molecule is CNS(=O)(=O)CCn1cc(-c2cncc(Br)c2)nn1. The molecule has 0 unspecified atom stereocenters.